The van der Waals surface area contributed by atoms with Crippen LogP contribution in [0.15, 0.2) is 39.7 Å². The van der Waals surface area contributed by atoms with Gasteiger partial charge in [0.15, 0.2) is 5.75 Å². The molecular weight excluding hydrogens is 249 g/mol. The van der Waals surface area contributed by atoms with Gasteiger partial charge >= 0.3 is 0 Å². The summed E-state index contributed by atoms with van der Waals surface area (Å²) in [7, 11) is 0. The summed E-state index contributed by atoms with van der Waals surface area (Å²) in [6.45, 7) is 1.52. The van der Waals surface area contributed by atoms with E-state index in [0.29, 0.717) is 31.0 Å². The van der Waals surface area contributed by atoms with Crippen LogP contribution in [0.5, 0.6) is 5.75 Å². The Morgan fingerprint density at radius 1 is 1.37 bits per heavy atom. The fraction of sp³-hybridized carbons (Fsp3) is 0.214. The molecule has 0 aliphatic carbocycles. The number of hydrogen-bond donors (Lipinski definition) is 1. The number of rotatable bonds is 2. The first-order chi connectivity index (χ1) is 9.13. The Hall–Kier alpha value is -2.14. The molecule has 1 aliphatic heterocycles. The molecule has 0 saturated heterocycles. The molecule has 0 saturated carbocycles. The first kappa shape index (κ1) is 11.9. The molecular formula is C14H12FNO3. The molecule has 0 spiro atoms. The fourth-order valence-corrected chi connectivity index (χ4v) is 2.31. The molecule has 0 amide bonds. The van der Waals surface area contributed by atoms with Crippen LogP contribution in [0.4, 0.5) is 4.39 Å². The van der Waals surface area contributed by atoms with Gasteiger partial charge in [-0.2, -0.15) is 0 Å². The van der Waals surface area contributed by atoms with Crippen LogP contribution in [-0.2, 0) is 19.6 Å². The van der Waals surface area contributed by atoms with E-state index >= 15 is 0 Å². The summed E-state index contributed by atoms with van der Waals surface area (Å²) < 4.78 is 18.7. The lowest BCUT2D eigenvalue weighted by Crippen LogP contribution is -2.16. The summed E-state index contributed by atoms with van der Waals surface area (Å²) >= 11 is 0. The van der Waals surface area contributed by atoms with Gasteiger partial charge in [0.25, 0.3) is 0 Å². The molecule has 1 aromatic carbocycles. The smallest absolute Gasteiger partial charge is 0.226 e. The average Bonchev–Trinajstić information content (AvgIpc) is 2.78. The standard InChI is InChI=1S/C14H12FNO3/c15-12-3-1-2-9-5-16(7-11(9)12)6-10-4-13(17)14(18)8-19-10/h1-4,8,18H,5-7H2. The number of fused-ring (bicyclic) bond motifs is 1. The molecule has 98 valence electrons. The topological polar surface area (TPSA) is 53.7 Å². The quantitative estimate of drug-likeness (QED) is 0.898. The SMILES string of the molecule is O=c1cc(CN2Cc3cccc(F)c3C2)occ1O. The van der Waals surface area contributed by atoms with Crippen molar-refractivity contribution in [1.82, 2.24) is 4.90 Å². The second-order valence-electron chi connectivity index (χ2n) is 4.62. The third-order valence-electron chi connectivity index (χ3n) is 3.24. The maximum absolute atomic E-state index is 13.6. The number of benzene rings is 1. The molecule has 1 aromatic heterocycles. The van der Waals surface area contributed by atoms with Crippen molar-refractivity contribution in [3.05, 3.63) is 63.5 Å². The summed E-state index contributed by atoms with van der Waals surface area (Å²) in [5.41, 5.74) is 1.19. The van der Waals surface area contributed by atoms with Crippen LogP contribution in [0.3, 0.4) is 0 Å². The van der Waals surface area contributed by atoms with Gasteiger partial charge in [-0.15, -0.1) is 0 Å². The Morgan fingerprint density at radius 3 is 2.95 bits per heavy atom. The lowest BCUT2D eigenvalue weighted by atomic mass is 10.1. The van der Waals surface area contributed by atoms with Gasteiger partial charge in [0.1, 0.15) is 17.8 Å². The van der Waals surface area contributed by atoms with E-state index in [1.807, 2.05) is 11.0 Å². The van der Waals surface area contributed by atoms with Crippen LogP contribution in [0.2, 0.25) is 0 Å². The first-order valence-electron chi connectivity index (χ1n) is 5.93. The van der Waals surface area contributed by atoms with E-state index in [1.165, 1.54) is 12.1 Å². The molecule has 0 fully saturated rings. The van der Waals surface area contributed by atoms with E-state index in [9.17, 15) is 9.18 Å². The molecule has 0 unspecified atom stereocenters. The van der Waals surface area contributed by atoms with Gasteiger partial charge in [0.2, 0.25) is 5.43 Å². The molecule has 19 heavy (non-hydrogen) atoms. The van der Waals surface area contributed by atoms with Crippen LogP contribution >= 0.6 is 0 Å². The second kappa shape index (κ2) is 4.51. The minimum atomic E-state index is -0.468. The summed E-state index contributed by atoms with van der Waals surface area (Å²) in [5.74, 6) is -0.150. The Morgan fingerprint density at radius 2 is 2.21 bits per heavy atom. The Balaban J connectivity index is 1.79. The summed E-state index contributed by atoms with van der Waals surface area (Å²) in [6.07, 6.45) is 1.03. The molecule has 3 rings (SSSR count). The summed E-state index contributed by atoms with van der Waals surface area (Å²) in [6, 6.07) is 6.29. The lowest BCUT2D eigenvalue weighted by molar-refractivity contribution is 0.244. The lowest BCUT2D eigenvalue weighted by Gasteiger charge is -2.13. The van der Waals surface area contributed by atoms with Gasteiger partial charge < -0.3 is 9.52 Å². The highest BCUT2D eigenvalue weighted by Gasteiger charge is 2.22. The molecule has 5 heteroatoms. The van der Waals surface area contributed by atoms with E-state index in [1.54, 1.807) is 6.07 Å². The largest absolute Gasteiger partial charge is 0.502 e. The third-order valence-corrected chi connectivity index (χ3v) is 3.24. The van der Waals surface area contributed by atoms with Crippen molar-refractivity contribution in [2.24, 2.45) is 0 Å². The maximum atomic E-state index is 13.6. The van der Waals surface area contributed by atoms with Gasteiger partial charge in [-0.05, 0) is 11.6 Å². The average molecular weight is 261 g/mol. The van der Waals surface area contributed by atoms with Crippen molar-refractivity contribution in [2.45, 2.75) is 19.6 Å². The van der Waals surface area contributed by atoms with Crippen LogP contribution in [0, 0.1) is 5.82 Å². The zero-order valence-corrected chi connectivity index (χ0v) is 10.1. The highest BCUT2D eigenvalue weighted by molar-refractivity contribution is 5.31. The second-order valence-corrected chi connectivity index (χ2v) is 4.62. The minimum Gasteiger partial charge on any atom is -0.502 e. The van der Waals surface area contributed by atoms with E-state index in [2.05, 4.69) is 0 Å². The number of halogens is 1. The molecule has 2 aromatic rings. The fourth-order valence-electron chi connectivity index (χ4n) is 2.31. The monoisotopic (exact) mass is 261 g/mol. The van der Waals surface area contributed by atoms with Crippen LogP contribution in [-0.4, -0.2) is 10.0 Å². The number of aromatic hydroxyl groups is 1. The minimum absolute atomic E-state index is 0.202. The van der Waals surface area contributed by atoms with Crippen molar-refractivity contribution in [3.8, 4) is 5.75 Å². The number of nitrogens with zero attached hydrogens (tertiary/aromatic N) is 1. The summed E-state index contributed by atoms with van der Waals surface area (Å²) in [4.78, 5) is 13.3. The van der Waals surface area contributed by atoms with Gasteiger partial charge in [0.05, 0.1) is 6.54 Å². The van der Waals surface area contributed by atoms with Crippen molar-refractivity contribution in [2.75, 3.05) is 0 Å². The Bertz CT molecular complexity index is 681. The predicted molar refractivity (Wildman–Crippen MR) is 66.0 cm³/mol. The van der Waals surface area contributed by atoms with E-state index in [4.69, 9.17) is 9.52 Å². The maximum Gasteiger partial charge on any atom is 0.226 e. The van der Waals surface area contributed by atoms with E-state index in [-0.39, 0.29) is 5.82 Å². The first-order valence-corrected chi connectivity index (χ1v) is 5.93. The normalized spacial score (nSPS) is 14.6. The van der Waals surface area contributed by atoms with Crippen molar-refractivity contribution >= 4 is 0 Å². The molecule has 4 nitrogen and oxygen atoms in total. The van der Waals surface area contributed by atoms with Crippen molar-refractivity contribution in [3.63, 3.8) is 0 Å². The van der Waals surface area contributed by atoms with Gasteiger partial charge in [-0.3, -0.25) is 9.69 Å². The Labute approximate surface area is 108 Å². The zero-order valence-electron chi connectivity index (χ0n) is 10.1. The van der Waals surface area contributed by atoms with Crippen molar-refractivity contribution in [1.29, 1.82) is 0 Å². The van der Waals surface area contributed by atoms with E-state index < -0.39 is 11.2 Å². The molecule has 0 atom stereocenters. The van der Waals surface area contributed by atoms with E-state index in [0.717, 1.165) is 11.8 Å². The highest BCUT2D eigenvalue weighted by atomic mass is 19.1. The van der Waals surface area contributed by atoms with Gasteiger partial charge in [-0.25, -0.2) is 4.39 Å². The molecule has 2 heterocycles. The Kier molecular flexibility index (Phi) is 2.83. The molecule has 0 bridgehead atoms. The van der Waals surface area contributed by atoms with Crippen LogP contribution in [0.25, 0.3) is 0 Å². The summed E-state index contributed by atoms with van der Waals surface area (Å²) in [5, 5.41) is 9.11. The molecule has 0 radical (unpaired) electrons. The van der Waals surface area contributed by atoms with Gasteiger partial charge in [0, 0.05) is 24.7 Å². The molecule has 1 N–H and O–H groups in total. The third kappa shape index (κ3) is 2.24. The highest BCUT2D eigenvalue weighted by Crippen LogP contribution is 2.26. The van der Waals surface area contributed by atoms with Crippen LogP contribution < -0.4 is 5.43 Å². The van der Waals surface area contributed by atoms with Crippen LogP contribution in [0.1, 0.15) is 16.9 Å². The van der Waals surface area contributed by atoms with Crippen molar-refractivity contribution < 1.29 is 13.9 Å². The number of hydrogen-bond acceptors (Lipinski definition) is 4. The zero-order chi connectivity index (χ0) is 13.4. The predicted octanol–water partition coefficient (Wildman–Crippen LogP) is 2.00. The molecule has 1 aliphatic rings. The van der Waals surface area contributed by atoms with Gasteiger partial charge in [-0.1, -0.05) is 12.1 Å².